The van der Waals surface area contributed by atoms with Gasteiger partial charge in [-0.15, -0.1) is 0 Å². The maximum atomic E-state index is 13.1. The molecule has 1 aliphatic rings. The lowest BCUT2D eigenvalue weighted by Crippen LogP contribution is -2.35. The fourth-order valence-electron chi connectivity index (χ4n) is 3.56. The average molecular weight is 445 g/mol. The summed E-state index contributed by atoms with van der Waals surface area (Å²) in [4.78, 5) is 29.4. The van der Waals surface area contributed by atoms with Crippen molar-refractivity contribution in [3.8, 4) is 11.5 Å². The molecule has 1 amide bonds. The molecule has 1 saturated heterocycles. The van der Waals surface area contributed by atoms with Crippen LogP contribution >= 0.6 is 11.6 Å². The Morgan fingerprint density at radius 3 is 2.35 bits per heavy atom. The van der Waals surface area contributed by atoms with Crippen LogP contribution < -0.4 is 9.47 Å². The zero-order valence-electron chi connectivity index (χ0n) is 17.9. The number of aliphatic hydroxyl groups is 1. The molecule has 0 bridgehead atoms. The molecule has 1 aliphatic heterocycles. The number of benzene rings is 2. The van der Waals surface area contributed by atoms with Crippen LogP contribution in [0.3, 0.4) is 0 Å². The van der Waals surface area contributed by atoms with Crippen molar-refractivity contribution in [2.75, 3.05) is 41.4 Å². The zero-order chi connectivity index (χ0) is 22.7. The van der Waals surface area contributed by atoms with Crippen LogP contribution in [0, 0.1) is 0 Å². The molecule has 1 heterocycles. The first-order chi connectivity index (χ1) is 14.8. The van der Waals surface area contributed by atoms with E-state index in [-0.39, 0.29) is 11.3 Å². The number of halogens is 1. The van der Waals surface area contributed by atoms with Crippen LogP contribution in [0.25, 0.3) is 5.76 Å². The second kappa shape index (κ2) is 9.41. The van der Waals surface area contributed by atoms with E-state index in [9.17, 15) is 14.7 Å². The first kappa shape index (κ1) is 22.7. The largest absolute Gasteiger partial charge is 0.507 e. The number of amides is 1. The standard InChI is InChI=1S/C23H25ClN2O5/c1-25(2)11-12-26-20(17-13-16(30-3)9-10-18(17)31-4)19(22(28)23(26)29)21(27)14-5-7-15(24)8-6-14/h5-10,13,20,27H,11-12H2,1-4H3/t20-/m0/s1. The highest BCUT2D eigenvalue weighted by Gasteiger charge is 2.47. The molecule has 8 heteroatoms. The fourth-order valence-corrected chi connectivity index (χ4v) is 3.68. The summed E-state index contributed by atoms with van der Waals surface area (Å²) in [6, 6.07) is 10.7. The highest BCUT2D eigenvalue weighted by atomic mass is 35.5. The van der Waals surface area contributed by atoms with Crippen molar-refractivity contribution in [1.29, 1.82) is 0 Å². The Bertz CT molecular complexity index is 1020. The van der Waals surface area contributed by atoms with Gasteiger partial charge in [0, 0.05) is 29.2 Å². The first-order valence-electron chi connectivity index (χ1n) is 9.69. The van der Waals surface area contributed by atoms with E-state index in [4.69, 9.17) is 21.1 Å². The van der Waals surface area contributed by atoms with Crippen molar-refractivity contribution in [2.24, 2.45) is 0 Å². The molecule has 3 rings (SSSR count). The highest BCUT2D eigenvalue weighted by molar-refractivity contribution is 6.46. The molecule has 0 radical (unpaired) electrons. The first-order valence-corrected chi connectivity index (χ1v) is 10.1. The summed E-state index contributed by atoms with van der Waals surface area (Å²) in [6.07, 6.45) is 0. The van der Waals surface area contributed by atoms with Crippen LogP contribution in [-0.4, -0.2) is 68.0 Å². The normalized spacial score (nSPS) is 18.0. The molecule has 2 aromatic rings. The van der Waals surface area contributed by atoms with Crippen LogP contribution in [-0.2, 0) is 9.59 Å². The summed E-state index contributed by atoms with van der Waals surface area (Å²) < 4.78 is 10.9. The molecule has 2 aromatic carbocycles. The van der Waals surface area contributed by atoms with Gasteiger partial charge >= 0.3 is 0 Å². The second-order valence-electron chi connectivity index (χ2n) is 7.41. The molecule has 31 heavy (non-hydrogen) atoms. The Kier molecular flexibility index (Phi) is 6.87. The number of ether oxygens (including phenoxy) is 2. The highest BCUT2D eigenvalue weighted by Crippen LogP contribution is 2.43. The summed E-state index contributed by atoms with van der Waals surface area (Å²) in [7, 11) is 6.80. The van der Waals surface area contributed by atoms with Crippen LogP contribution in [0.1, 0.15) is 17.2 Å². The van der Waals surface area contributed by atoms with Gasteiger partial charge in [0.05, 0.1) is 25.8 Å². The Balaban J connectivity index is 2.23. The van der Waals surface area contributed by atoms with Crippen LogP contribution in [0.2, 0.25) is 5.02 Å². The van der Waals surface area contributed by atoms with Gasteiger partial charge in [-0.25, -0.2) is 0 Å². The molecular weight excluding hydrogens is 420 g/mol. The average Bonchev–Trinajstić information content (AvgIpc) is 3.01. The quantitative estimate of drug-likeness (QED) is 0.401. The van der Waals surface area contributed by atoms with Gasteiger partial charge in [0.2, 0.25) is 0 Å². The minimum Gasteiger partial charge on any atom is -0.507 e. The minimum absolute atomic E-state index is 0.00219. The number of likely N-dealkylation sites (tertiary alicyclic amines) is 1. The monoisotopic (exact) mass is 444 g/mol. The number of methoxy groups -OCH3 is 2. The Labute approximate surface area is 186 Å². The number of rotatable bonds is 7. The molecule has 0 unspecified atom stereocenters. The van der Waals surface area contributed by atoms with Crippen LogP contribution in [0.5, 0.6) is 11.5 Å². The number of carbonyl (C=O) groups is 2. The number of likely N-dealkylation sites (N-methyl/N-ethyl adjacent to an activating group) is 1. The van der Waals surface area contributed by atoms with Crippen molar-refractivity contribution in [2.45, 2.75) is 6.04 Å². The topological polar surface area (TPSA) is 79.3 Å². The lowest BCUT2D eigenvalue weighted by molar-refractivity contribution is -0.140. The third kappa shape index (κ3) is 4.52. The van der Waals surface area contributed by atoms with E-state index < -0.39 is 17.7 Å². The Hall–Kier alpha value is -3.03. The molecule has 0 spiro atoms. The smallest absolute Gasteiger partial charge is 0.295 e. The number of Topliss-reactive ketones (excluding diaryl/α,β-unsaturated/α-hetero) is 1. The maximum Gasteiger partial charge on any atom is 0.295 e. The van der Waals surface area contributed by atoms with Crippen LogP contribution in [0.4, 0.5) is 0 Å². The summed E-state index contributed by atoms with van der Waals surface area (Å²) >= 11 is 5.96. The van der Waals surface area contributed by atoms with Crippen molar-refractivity contribution < 1.29 is 24.2 Å². The number of aliphatic hydroxyl groups excluding tert-OH is 1. The van der Waals surface area contributed by atoms with E-state index in [2.05, 4.69) is 0 Å². The van der Waals surface area contributed by atoms with Crippen LogP contribution in [0.15, 0.2) is 48.0 Å². The molecule has 7 nitrogen and oxygen atoms in total. The van der Waals surface area contributed by atoms with Crippen molar-refractivity contribution >= 4 is 29.1 Å². The fraction of sp³-hybridized carbons (Fsp3) is 0.304. The number of ketones is 1. The van der Waals surface area contributed by atoms with Gasteiger partial charge in [0.15, 0.2) is 0 Å². The zero-order valence-corrected chi connectivity index (χ0v) is 18.6. The number of hydrogen-bond donors (Lipinski definition) is 1. The molecule has 1 N–H and O–H groups in total. The lowest BCUT2D eigenvalue weighted by Gasteiger charge is -2.28. The van der Waals surface area contributed by atoms with Gasteiger partial charge in [-0.3, -0.25) is 9.59 Å². The van der Waals surface area contributed by atoms with Gasteiger partial charge in [0.1, 0.15) is 17.3 Å². The van der Waals surface area contributed by atoms with Gasteiger partial charge in [0.25, 0.3) is 11.7 Å². The second-order valence-corrected chi connectivity index (χ2v) is 7.85. The minimum atomic E-state index is -0.833. The molecule has 0 aromatic heterocycles. The third-order valence-corrected chi connectivity index (χ3v) is 5.43. The third-order valence-electron chi connectivity index (χ3n) is 5.18. The van der Waals surface area contributed by atoms with Gasteiger partial charge < -0.3 is 24.4 Å². The molecule has 1 atom stereocenters. The molecule has 1 fully saturated rings. The van der Waals surface area contributed by atoms with Gasteiger partial charge in [-0.1, -0.05) is 11.6 Å². The predicted molar refractivity (Wildman–Crippen MR) is 119 cm³/mol. The van der Waals surface area contributed by atoms with Crippen molar-refractivity contribution in [1.82, 2.24) is 9.80 Å². The van der Waals surface area contributed by atoms with Gasteiger partial charge in [-0.05, 0) is 56.6 Å². The molecule has 0 aliphatic carbocycles. The summed E-state index contributed by atoms with van der Waals surface area (Å²) in [5.74, 6) is -0.671. The SMILES string of the molecule is COc1ccc(OC)c([C@H]2C(=C(O)c3ccc(Cl)cc3)C(=O)C(=O)N2CCN(C)C)c1. The number of nitrogens with zero attached hydrogens (tertiary/aromatic N) is 2. The lowest BCUT2D eigenvalue weighted by atomic mass is 9.94. The Morgan fingerprint density at radius 1 is 1.10 bits per heavy atom. The summed E-state index contributed by atoms with van der Waals surface area (Å²) in [5.41, 5.74) is 0.940. The summed E-state index contributed by atoms with van der Waals surface area (Å²) in [6.45, 7) is 0.830. The predicted octanol–water partition coefficient (Wildman–Crippen LogP) is 3.34. The van der Waals surface area contributed by atoms with E-state index in [1.165, 1.54) is 19.1 Å². The summed E-state index contributed by atoms with van der Waals surface area (Å²) in [5, 5.41) is 11.6. The molecule has 0 saturated carbocycles. The van der Waals surface area contributed by atoms with Crippen molar-refractivity contribution in [3.63, 3.8) is 0 Å². The van der Waals surface area contributed by atoms with E-state index in [0.717, 1.165) is 0 Å². The van der Waals surface area contributed by atoms with E-state index in [1.807, 2.05) is 19.0 Å². The number of carbonyl (C=O) groups excluding carboxylic acids is 2. The molecular formula is C23H25ClN2O5. The Morgan fingerprint density at radius 2 is 1.77 bits per heavy atom. The van der Waals surface area contributed by atoms with E-state index in [0.29, 0.717) is 40.7 Å². The number of hydrogen-bond acceptors (Lipinski definition) is 6. The van der Waals surface area contributed by atoms with Crippen molar-refractivity contribution in [3.05, 3.63) is 64.2 Å². The molecule has 164 valence electrons. The van der Waals surface area contributed by atoms with E-state index in [1.54, 1.807) is 42.5 Å². The maximum absolute atomic E-state index is 13.1. The van der Waals surface area contributed by atoms with E-state index >= 15 is 0 Å². The van der Waals surface area contributed by atoms with Gasteiger partial charge in [-0.2, -0.15) is 0 Å².